The maximum Gasteiger partial charge on any atom is 0.319 e. The summed E-state index contributed by atoms with van der Waals surface area (Å²) in [7, 11) is 1.55. The minimum absolute atomic E-state index is 0.0237. The van der Waals surface area contributed by atoms with Crippen molar-refractivity contribution in [2.45, 2.75) is 30.5 Å². The molecule has 1 aliphatic heterocycles. The molecular weight excluding hydrogens is 255 g/mol. The fourth-order valence-electron chi connectivity index (χ4n) is 1.91. The number of thioether (sulfide) groups is 1. The normalized spacial score (nSPS) is 22.9. The van der Waals surface area contributed by atoms with Crippen molar-refractivity contribution in [1.29, 1.82) is 0 Å². The number of benzene rings is 1. The fourth-order valence-corrected chi connectivity index (χ4v) is 3.11. The van der Waals surface area contributed by atoms with E-state index in [9.17, 15) is 9.18 Å². The van der Waals surface area contributed by atoms with Gasteiger partial charge in [-0.1, -0.05) is 0 Å². The molecular formula is C13H15FO3S. The van der Waals surface area contributed by atoms with Gasteiger partial charge in [-0.05, 0) is 25.1 Å². The second-order valence-corrected chi connectivity index (χ2v) is 5.43. The summed E-state index contributed by atoms with van der Waals surface area (Å²) < 4.78 is 23.4. The molecule has 1 fully saturated rings. The monoisotopic (exact) mass is 270 g/mol. The SMILES string of the molecule is COc1ccc(F)cc1CSC1CC(C)OC1=O. The highest BCUT2D eigenvalue weighted by Gasteiger charge is 2.32. The topological polar surface area (TPSA) is 35.5 Å². The standard InChI is InChI=1S/C13H15FO3S/c1-8-5-12(13(15)17-8)18-7-9-6-10(14)3-4-11(9)16-2/h3-4,6,8,12H,5,7H2,1-2H3. The quantitative estimate of drug-likeness (QED) is 0.788. The minimum Gasteiger partial charge on any atom is -0.496 e. The first kappa shape index (κ1) is 13.2. The van der Waals surface area contributed by atoms with E-state index in [0.29, 0.717) is 17.9 Å². The molecule has 0 aromatic heterocycles. The first-order valence-electron chi connectivity index (χ1n) is 5.74. The first-order valence-corrected chi connectivity index (χ1v) is 6.79. The van der Waals surface area contributed by atoms with E-state index in [1.807, 2.05) is 6.92 Å². The Bertz CT molecular complexity index is 450. The van der Waals surface area contributed by atoms with Crippen molar-refractivity contribution in [1.82, 2.24) is 0 Å². The fraction of sp³-hybridized carbons (Fsp3) is 0.462. The van der Waals surface area contributed by atoms with Gasteiger partial charge >= 0.3 is 5.97 Å². The molecule has 0 radical (unpaired) electrons. The van der Waals surface area contributed by atoms with Crippen LogP contribution in [0, 0.1) is 5.82 Å². The Labute approximate surface area is 110 Å². The summed E-state index contributed by atoms with van der Waals surface area (Å²) in [5.41, 5.74) is 0.759. The predicted octanol–water partition coefficient (Wildman–Crippen LogP) is 2.77. The smallest absolute Gasteiger partial charge is 0.319 e. The zero-order chi connectivity index (χ0) is 13.1. The van der Waals surface area contributed by atoms with Crippen molar-refractivity contribution in [2.75, 3.05) is 7.11 Å². The minimum atomic E-state index is -0.297. The van der Waals surface area contributed by atoms with Crippen LogP contribution in [0.15, 0.2) is 18.2 Å². The van der Waals surface area contributed by atoms with Gasteiger partial charge in [0.25, 0.3) is 0 Å². The van der Waals surface area contributed by atoms with Crippen molar-refractivity contribution >= 4 is 17.7 Å². The number of hydrogen-bond donors (Lipinski definition) is 0. The lowest BCUT2D eigenvalue weighted by Gasteiger charge is -2.10. The summed E-state index contributed by atoms with van der Waals surface area (Å²) >= 11 is 1.47. The zero-order valence-corrected chi connectivity index (χ0v) is 11.1. The molecule has 0 spiro atoms. The van der Waals surface area contributed by atoms with Crippen LogP contribution in [-0.4, -0.2) is 24.4 Å². The lowest BCUT2D eigenvalue weighted by atomic mass is 10.2. The van der Waals surface area contributed by atoms with Crippen LogP contribution < -0.4 is 4.74 Å². The molecule has 18 heavy (non-hydrogen) atoms. The highest BCUT2D eigenvalue weighted by Crippen LogP contribution is 2.31. The lowest BCUT2D eigenvalue weighted by molar-refractivity contribution is -0.140. The van der Waals surface area contributed by atoms with E-state index in [0.717, 1.165) is 5.56 Å². The van der Waals surface area contributed by atoms with Gasteiger partial charge in [-0.25, -0.2) is 4.39 Å². The first-order chi connectivity index (χ1) is 8.60. The van der Waals surface area contributed by atoms with E-state index >= 15 is 0 Å². The second kappa shape index (κ2) is 5.61. The summed E-state index contributed by atoms with van der Waals surface area (Å²) in [5, 5.41) is -0.159. The molecule has 2 rings (SSSR count). The Morgan fingerprint density at radius 2 is 2.33 bits per heavy atom. The molecule has 1 saturated heterocycles. The van der Waals surface area contributed by atoms with Crippen LogP contribution in [0.2, 0.25) is 0 Å². The highest BCUT2D eigenvalue weighted by atomic mass is 32.2. The van der Waals surface area contributed by atoms with Gasteiger partial charge in [-0.15, -0.1) is 11.8 Å². The van der Waals surface area contributed by atoms with Crippen molar-refractivity contribution in [2.24, 2.45) is 0 Å². The van der Waals surface area contributed by atoms with Crippen molar-refractivity contribution in [3.05, 3.63) is 29.6 Å². The van der Waals surface area contributed by atoms with Crippen LogP contribution in [0.5, 0.6) is 5.75 Å². The molecule has 0 aliphatic carbocycles. The average Bonchev–Trinajstić information content (AvgIpc) is 2.65. The number of ether oxygens (including phenoxy) is 2. The number of carbonyl (C=O) groups excluding carboxylic acids is 1. The molecule has 3 nitrogen and oxygen atoms in total. The van der Waals surface area contributed by atoms with Crippen LogP contribution in [0.3, 0.4) is 0 Å². The number of cyclic esters (lactones) is 1. The van der Waals surface area contributed by atoms with Gasteiger partial charge in [0, 0.05) is 17.7 Å². The molecule has 1 aromatic carbocycles. The average molecular weight is 270 g/mol. The van der Waals surface area contributed by atoms with Crippen LogP contribution in [0.25, 0.3) is 0 Å². The Morgan fingerprint density at radius 1 is 1.56 bits per heavy atom. The largest absolute Gasteiger partial charge is 0.496 e. The second-order valence-electron chi connectivity index (χ2n) is 4.24. The van der Waals surface area contributed by atoms with Crippen LogP contribution in [0.1, 0.15) is 18.9 Å². The van der Waals surface area contributed by atoms with Gasteiger partial charge < -0.3 is 9.47 Å². The third-order valence-electron chi connectivity index (χ3n) is 2.81. The number of rotatable bonds is 4. The molecule has 0 saturated carbocycles. The molecule has 1 aromatic rings. The van der Waals surface area contributed by atoms with Gasteiger partial charge in [0.05, 0.1) is 7.11 Å². The van der Waals surface area contributed by atoms with Gasteiger partial charge in [-0.3, -0.25) is 4.79 Å². The molecule has 0 amide bonds. The number of hydrogen-bond acceptors (Lipinski definition) is 4. The number of carbonyl (C=O) groups is 1. The number of esters is 1. The van der Waals surface area contributed by atoms with E-state index in [4.69, 9.17) is 9.47 Å². The maximum atomic E-state index is 13.2. The summed E-state index contributed by atoms with van der Waals surface area (Å²) in [6.45, 7) is 1.88. The van der Waals surface area contributed by atoms with Crippen molar-refractivity contribution < 1.29 is 18.7 Å². The number of methoxy groups -OCH3 is 1. The summed E-state index contributed by atoms with van der Waals surface area (Å²) in [6.07, 6.45) is 0.686. The maximum absolute atomic E-state index is 13.2. The summed E-state index contributed by atoms with van der Waals surface area (Å²) in [5.74, 6) is 0.702. The molecule has 1 heterocycles. The van der Waals surface area contributed by atoms with Crippen LogP contribution in [-0.2, 0) is 15.3 Å². The van der Waals surface area contributed by atoms with Gasteiger partial charge in [0.15, 0.2) is 0 Å². The third-order valence-corrected chi connectivity index (χ3v) is 4.07. The Kier molecular flexibility index (Phi) is 4.11. The molecule has 1 aliphatic rings. The van der Waals surface area contributed by atoms with Gasteiger partial charge in [0.2, 0.25) is 0 Å². The summed E-state index contributed by atoms with van der Waals surface area (Å²) in [6, 6.07) is 4.40. The van der Waals surface area contributed by atoms with E-state index < -0.39 is 0 Å². The predicted molar refractivity (Wildman–Crippen MR) is 68.2 cm³/mol. The zero-order valence-electron chi connectivity index (χ0n) is 10.3. The Balaban J connectivity index is 2.01. The van der Waals surface area contributed by atoms with E-state index in [2.05, 4.69) is 0 Å². The van der Waals surface area contributed by atoms with E-state index in [-0.39, 0.29) is 23.1 Å². The third kappa shape index (κ3) is 2.96. The highest BCUT2D eigenvalue weighted by molar-refractivity contribution is 7.99. The van der Waals surface area contributed by atoms with Gasteiger partial charge in [0.1, 0.15) is 22.9 Å². The van der Waals surface area contributed by atoms with Crippen LogP contribution >= 0.6 is 11.8 Å². The molecule has 2 atom stereocenters. The lowest BCUT2D eigenvalue weighted by Crippen LogP contribution is -2.09. The van der Waals surface area contributed by atoms with Crippen molar-refractivity contribution in [3.8, 4) is 5.75 Å². The molecule has 98 valence electrons. The molecule has 0 bridgehead atoms. The van der Waals surface area contributed by atoms with Crippen molar-refractivity contribution in [3.63, 3.8) is 0 Å². The van der Waals surface area contributed by atoms with E-state index in [1.165, 1.54) is 23.9 Å². The Morgan fingerprint density at radius 3 is 2.94 bits per heavy atom. The number of halogens is 1. The molecule has 5 heteroatoms. The molecule has 2 unspecified atom stereocenters. The van der Waals surface area contributed by atoms with Gasteiger partial charge in [-0.2, -0.15) is 0 Å². The van der Waals surface area contributed by atoms with E-state index in [1.54, 1.807) is 13.2 Å². The van der Waals surface area contributed by atoms with Crippen LogP contribution in [0.4, 0.5) is 4.39 Å². The molecule has 0 N–H and O–H groups in total. The Hall–Kier alpha value is -1.23. The summed E-state index contributed by atoms with van der Waals surface area (Å²) in [4.78, 5) is 11.5.